The van der Waals surface area contributed by atoms with Gasteiger partial charge in [-0.15, -0.1) is 0 Å². The average molecular weight is 373 g/mol. The van der Waals surface area contributed by atoms with Gasteiger partial charge in [0.2, 0.25) is 0 Å². The molecule has 0 aliphatic carbocycles. The van der Waals surface area contributed by atoms with E-state index in [9.17, 15) is 4.79 Å². The van der Waals surface area contributed by atoms with Crippen molar-refractivity contribution in [3.05, 3.63) is 58.7 Å². The normalized spacial score (nSPS) is 25.1. The highest BCUT2D eigenvalue weighted by molar-refractivity contribution is 5.87. The third-order valence-corrected chi connectivity index (χ3v) is 7.41. The molecule has 2 atom stereocenters. The topological polar surface area (TPSA) is 23.6 Å². The quantitative estimate of drug-likeness (QED) is 0.801. The Bertz CT molecular complexity index is 874. The molecule has 0 fully saturated rings. The Morgan fingerprint density at radius 2 is 1.18 bits per heavy atom. The van der Waals surface area contributed by atoms with Gasteiger partial charge in [0.1, 0.15) is 5.78 Å². The van der Waals surface area contributed by atoms with Gasteiger partial charge in [0.15, 0.2) is 0 Å². The van der Waals surface area contributed by atoms with Gasteiger partial charge in [0.25, 0.3) is 0 Å². The molecule has 0 amide bonds. The number of hydrogen-bond acceptors (Lipinski definition) is 3. The summed E-state index contributed by atoms with van der Waals surface area (Å²) in [6.45, 7) is 4.06. The van der Waals surface area contributed by atoms with Gasteiger partial charge in [-0.3, -0.25) is 4.79 Å². The first-order valence-corrected chi connectivity index (χ1v) is 11.0. The first-order chi connectivity index (χ1) is 13.8. The number of aryl methyl sites for hydroxylation is 2. The fraction of sp³-hybridized carbons (Fsp3) is 0.480. The zero-order chi connectivity index (χ0) is 18.7. The largest absolute Gasteiger partial charge is 0.370 e. The molecule has 2 unspecified atom stereocenters. The lowest BCUT2D eigenvalue weighted by Crippen LogP contribution is -2.47. The van der Waals surface area contributed by atoms with Crippen molar-refractivity contribution >= 4 is 17.2 Å². The van der Waals surface area contributed by atoms with E-state index in [-0.39, 0.29) is 11.8 Å². The van der Waals surface area contributed by atoms with Crippen molar-refractivity contribution < 1.29 is 4.79 Å². The fourth-order valence-electron chi connectivity index (χ4n) is 6.25. The second-order valence-corrected chi connectivity index (χ2v) is 9.15. The van der Waals surface area contributed by atoms with E-state index in [4.69, 9.17) is 0 Å². The lowest BCUT2D eigenvalue weighted by Gasteiger charge is -2.43. The summed E-state index contributed by atoms with van der Waals surface area (Å²) < 4.78 is 0. The van der Waals surface area contributed by atoms with E-state index in [2.05, 4.69) is 46.2 Å². The molecule has 0 N–H and O–H groups in total. The standard InChI is InChI=1S/C25H28N2O/c28-25(21-13-19-7-1-5-17-9-3-11-26(15-21)23(17)19)22-14-20-8-2-6-18-10-4-12-27(16-22)24(18)20/h1-2,5-8,21-22H,3-4,9-16H2. The van der Waals surface area contributed by atoms with Crippen LogP contribution in [0.25, 0.3) is 0 Å². The van der Waals surface area contributed by atoms with Crippen LogP contribution in [-0.2, 0) is 30.5 Å². The van der Waals surface area contributed by atoms with Crippen LogP contribution >= 0.6 is 0 Å². The van der Waals surface area contributed by atoms with Gasteiger partial charge in [-0.25, -0.2) is 0 Å². The van der Waals surface area contributed by atoms with E-state index >= 15 is 0 Å². The van der Waals surface area contributed by atoms with Gasteiger partial charge >= 0.3 is 0 Å². The molecule has 0 aromatic heterocycles. The molecule has 2 aromatic carbocycles. The van der Waals surface area contributed by atoms with Crippen molar-refractivity contribution in [3.8, 4) is 0 Å². The molecule has 144 valence electrons. The van der Waals surface area contributed by atoms with Crippen LogP contribution in [0, 0.1) is 11.8 Å². The summed E-state index contributed by atoms with van der Waals surface area (Å²) in [5.41, 5.74) is 8.68. The minimum Gasteiger partial charge on any atom is -0.370 e. The van der Waals surface area contributed by atoms with Crippen LogP contribution in [0.15, 0.2) is 36.4 Å². The van der Waals surface area contributed by atoms with E-state index in [1.54, 1.807) is 0 Å². The first kappa shape index (κ1) is 16.6. The molecule has 4 aliphatic heterocycles. The average Bonchev–Trinajstić information content (AvgIpc) is 2.74. The van der Waals surface area contributed by atoms with Gasteiger partial charge in [0, 0.05) is 49.4 Å². The molecule has 0 saturated carbocycles. The maximum atomic E-state index is 13.6. The fourth-order valence-corrected chi connectivity index (χ4v) is 6.25. The Morgan fingerprint density at radius 1 is 0.714 bits per heavy atom. The van der Waals surface area contributed by atoms with Crippen LogP contribution in [0.4, 0.5) is 11.4 Å². The van der Waals surface area contributed by atoms with Crippen LogP contribution in [0.5, 0.6) is 0 Å². The second-order valence-electron chi connectivity index (χ2n) is 9.15. The molecule has 0 saturated heterocycles. The Balaban J connectivity index is 1.29. The van der Waals surface area contributed by atoms with E-state index < -0.39 is 0 Å². The van der Waals surface area contributed by atoms with Crippen molar-refractivity contribution in [3.63, 3.8) is 0 Å². The Morgan fingerprint density at radius 3 is 1.68 bits per heavy atom. The molecule has 3 nitrogen and oxygen atoms in total. The molecule has 0 spiro atoms. The van der Waals surface area contributed by atoms with Gasteiger partial charge in [-0.2, -0.15) is 0 Å². The summed E-state index contributed by atoms with van der Waals surface area (Å²) in [4.78, 5) is 18.7. The van der Waals surface area contributed by atoms with Crippen LogP contribution in [0.1, 0.15) is 35.1 Å². The summed E-state index contributed by atoms with van der Waals surface area (Å²) in [7, 11) is 0. The number of benzene rings is 2. The number of anilines is 2. The highest BCUT2D eigenvalue weighted by atomic mass is 16.1. The third-order valence-electron chi connectivity index (χ3n) is 7.41. The lowest BCUT2D eigenvalue weighted by atomic mass is 9.78. The number of nitrogens with zero attached hydrogens (tertiary/aromatic N) is 2. The van der Waals surface area contributed by atoms with Crippen LogP contribution < -0.4 is 9.80 Å². The molecule has 2 aromatic rings. The molecular formula is C25H28N2O. The monoisotopic (exact) mass is 372 g/mol. The maximum absolute atomic E-state index is 13.6. The molecule has 4 aliphatic rings. The summed E-state index contributed by atoms with van der Waals surface area (Å²) >= 11 is 0. The van der Waals surface area contributed by atoms with E-state index in [1.165, 1.54) is 59.3 Å². The summed E-state index contributed by atoms with van der Waals surface area (Å²) in [5, 5.41) is 0. The van der Waals surface area contributed by atoms with Crippen molar-refractivity contribution in [2.24, 2.45) is 11.8 Å². The lowest BCUT2D eigenvalue weighted by molar-refractivity contribution is -0.126. The summed E-state index contributed by atoms with van der Waals surface area (Å²) in [6.07, 6.45) is 6.67. The molecule has 3 heteroatoms. The van der Waals surface area contributed by atoms with Crippen molar-refractivity contribution in [1.82, 2.24) is 0 Å². The van der Waals surface area contributed by atoms with Crippen molar-refractivity contribution in [1.29, 1.82) is 0 Å². The summed E-state index contributed by atoms with van der Waals surface area (Å²) in [6, 6.07) is 13.4. The third kappa shape index (κ3) is 2.52. The number of ketones is 1. The first-order valence-electron chi connectivity index (χ1n) is 11.0. The van der Waals surface area contributed by atoms with Crippen molar-refractivity contribution in [2.45, 2.75) is 38.5 Å². The molecular weight excluding hydrogens is 344 g/mol. The molecule has 28 heavy (non-hydrogen) atoms. The smallest absolute Gasteiger partial charge is 0.143 e. The second kappa shape index (κ2) is 6.37. The highest BCUT2D eigenvalue weighted by Gasteiger charge is 2.38. The number of carbonyl (C=O) groups excluding carboxylic acids is 1. The predicted molar refractivity (Wildman–Crippen MR) is 113 cm³/mol. The Kier molecular flexibility index (Phi) is 3.78. The molecule has 6 rings (SSSR count). The molecule has 4 heterocycles. The van der Waals surface area contributed by atoms with Crippen molar-refractivity contribution in [2.75, 3.05) is 36.0 Å². The maximum Gasteiger partial charge on any atom is 0.143 e. The predicted octanol–water partition coefficient (Wildman–Crippen LogP) is 3.81. The van der Waals surface area contributed by atoms with E-state index in [1.807, 2.05) is 0 Å². The number of para-hydroxylation sites is 2. The van der Waals surface area contributed by atoms with Crippen LogP contribution in [0.2, 0.25) is 0 Å². The summed E-state index contributed by atoms with van der Waals surface area (Å²) in [5.74, 6) is 0.809. The number of rotatable bonds is 2. The van der Waals surface area contributed by atoms with E-state index in [0.717, 1.165) is 39.0 Å². The van der Waals surface area contributed by atoms with Crippen LogP contribution in [-0.4, -0.2) is 32.0 Å². The number of Topliss-reactive ketones (excluding diaryl/α,β-unsaturated/α-hetero) is 1. The van der Waals surface area contributed by atoms with Gasteiger partial charge in [-0.05, 0) is 60.8 Å². The molecule has 0 bridgehead atoms. The Labute approximate surface area is 167 Å². The van der Waals surface area contributed by atoms with Gasteiger partial charge < -0.3 is 9.80 Å². The zero-order valence-corrected chi connectivity index (χ0v) is 16.5. The Hall–Kier alpha value is -2.29. The van der Waals surface area contributed by atoms with Gasteiger partial charge in [-0.1, -0.05) is 36.4 Å². The molecule has 0 radical (unpaired) electrons. The minimum atomic E-state index is 0.153. The van der Waals surface area contributed by atoms with E-state index in [0.29, 0.717) is 5.78 Å². The number of hydrogen-bond donors (Lipinski definition) is 0. The highest BCUT2D eigenvalue weighted by Crippen LogP contribution is 2.40. The zero-order valence-electron chi connectivity index (χ0n) is 16.5. The minimum absolute atomic E-state index is 0.153. The SMILES string of the molecule is O=C(C1Cc2cccc3c2N(CCC3)C1)C1Cc2cccc3c2N(CCC3)C1. The number of carbonyl (C=O) groups is 1. The van der Waals surface area contributed by atoms with Crippen LogP contribution in [0.3, 0.4) is 0 Å². The van der Waals surface area contributed by atoms with Gasteiger partial charge in [0.05, 0.1) is 0 Å².